The number of fused-ring (bicyclic) bond motifs is 1. The lowest BCUT2D eigenvalue weighted by molar-refractivity contribution is -0.118. The largest absolute Gasteiger partial charge is 0.368 e. The topological polar surface area (TPSA) is 128 Å². The number of aryl methyl sites for hydroxylation is 1. The zero-order valence-corrected chi connectivity index (χ0v) is 20.7. The molecule has 0 saturated carbocycles. The zero-order valence-electron chi connectivity index (χ0n) is 19.9. The standard InChI is InChI=1S/C25H24FN5O4S/c1-4-15-5-8-20(26)19(9-15)17-11-28-25(29-12-17)31-13-22(36(3,34)35)18-7-6-16(10-21(18)31)24(33)30(2)14-23(27)32/h5-13H,4,14H2,1-3H3,(H2,27,32). The second-order valence-corrected chi connectivity index (χ2v) is 10.4. The van der Waals surface area contributed by atoms with Gasteiger partial charge in [-0.05, 0) is 36.2 Å². The van der Waals surface area contributed by atoms with Gasteiger partial charge in [0.15, 0.2) is 9.84 Å². The van der Waals surface area contributed by atoms with Gasteiger partial charge in [0.25, 0.3) is 5.91 Å². The first kappa shape index (κ1) is 25.0. The number of carbonyl (C=O) groups is 2. The minimum absolute atomic E-state index is 0.0383. The maximum Gasteiger partial charge on any atom is 0.254 e. The predicted octanol–water partition coefficient (Wildman–Crippen LogP) is 2.75. The van der Waals surface area contributed by atoms with E-state index in [4.69, 9.17) is 5.73 Å². The van der Waals surface area contributed by atoms with E-state index < -0.39 is 27.5 Å². The molecule has 4 rings (SSSR count). The van der Waals surface area contributed by atoms with E-state index in [0.29, 0.717) is 22.0 Å². The monoisotopic (exact) mass is 509 g/mol. The number of nitrogens with zero attached hydrogens (tertiary/aromatic N) is 4. The SMILES string of the molecule is CCc1ccc(F)c(-c2cnc(-n3cc(S(C)(=O)=O)c4ccc(C(=O)N(C)CC(N)=O)cc43)nc2)c1. The van der Waals surface area contributed by atoms with Crippen LogP contribution >= 0.6 is 0 Å². The molecule has 2 N–H and O–H groups in total. The third kappa shape index (κ3) is 4.82. The van der Waals surface area contributed by atoms with E-state index in [1.807, 2.05) is 6.92 Å². The zero-order chi connectivity index (χ0) is 26.2. The van der Waals surface area contributed by atoms with E-state index in [1.54, 1.807) is 12.1 Å². The van der Waals surface area contributed by atoms with Gasteiger partial charge >= 0.3 is 0 Å². The number of hydrogen-bond acceptors (Lipinski definition) is 6. The van der Waals surface area contributed by atoms with Crippen LogP contribution in [0.2, 0.25) is 0 Å². The smallest absolute Gasteiger partial charge is 0.254 e. The van der Waals surface area contributed by atoms with Crippen LogP contribution in [0.4, 0.5) is 4.39 Å². The summed E-state index contributed by atoms with van der Waals surface area (Å²) in [7, 11) is -2.19. The van der Waals surface area contributed by atoms with Gasteiger partial charge in [0.05, 0.1) is 17.0 Å². The molecule has 0 aliphatic rings. The molecule has 186 valence electrons. The molecule has 0 spiro atoms. The highest BCUT2D eigenvalue weighted by Crippen LogP contribution is 2.29. The fourth-order valence-electron chi connectivity index (χ4n) is 3.91. The molecule has 0 unspecified atom stereocenters. The van der Waals surface area contributed by atoms with Crippen molar-refractivity contribution in [3.8, 4) is 17.1 Å². The highest BCUT2D eigenvalue weighted by Gasteiger charge is 2.21. The summed E-state index contributed by atoms with van der Waals surface area (Å²) < 4.78 is 40.8. The van der Waals surface area contributed by atoms with Gasteiger partial charge < -0.3 is 10.6 Å². The molecule has 0 bridgehead atoms. The van der Waals surface area contributed by atoms with E-state index in [9.17, 15) is 22.4 Å². The number of sulfone groups is 1. The van der Waals surface area contributed by atoms with E-state index in [2.05, 4.69) is 9.97 Å². The first-order valence-corrected chi connectivity index (χ1v) is 12.9. The lowest BCUT2D eigenvalue weighted by Gasteiger charge is -2.15. The van der Waals surface area contributed by atoms with Crippen LogP contribution in [0, 0.1) is 5.82 Å². The number of aromatic nitrogens is 3. The molecule has 0 radical (unpaired) electrons. The van der Waals surface area contributed by atoms with Crippen LogP contribution in [-0.2, 0) is 21.1 Å². The highest BCUT2D eigenvalue weighted by atomic mass is 32.2. The van der Waals surface area contributed by atoms with Gasteiger partial charge in [-0.3, -0.25) is 14.2 Å². The summed E-state index contributed by atoms with van der Waals surface area (Å²) in [5.41, 5.74) is 7.58. The molecule has 0 aliphatic heterocycles. The number of rotatable bonds is 7. The maximum atomic E-state index is 14.4. The average molecular weight is 510 g/mol. The van der Waals surface area contributed by atoms with Crippen molar-refractivity contribution in [3.63, 3.8) is 0 Å². The van der Waals surface area contributed by atoms with Crippen molar-refractivity contribution in [2.45, 2.75) is 18.2 Å². The van der Waals surface area contributed by atoms with Crippen LogP contribution in [0.3, 0.4) is 0 Å². The van der Waals surface area contributed by atoms with Crippen LogP contribution in [0.25, 0.3) is 28.0 Å². The van der Waals surface area contributed by atoms with Crippen molar-refractivity contribution in [3.05, 3.63) is 71.9 Å². The van der Waals surface area contributed by atoms with Crippen LogP contribution in [0.15, 0.2) is 59.9 Å². The molecular formula is C25H24FN5O4S. The summed E-state index contributed by atoms with van der Waals surface area (Å²) in [6.45, 7) is 1.70. The summed E-state index contributed by atoms with van der Waals surface area (Å²) >= 11 is 0. The summed E-state index contributed by atoms with van der Waals surface area (Å²) in [5.74, 6) is -1.39. The van der Waals surface area contributed by atoms with Crippen molar-refractivity contribution in [1.29, 1.82) is 0 Å². The molecule has 2 amide bonds. The van der Waals surface area contributed by atoms with Gasteiger partial charge in [-0.25, -0.2) is 22.8 Å². The Bertz CT molecular complexity index is 1600. The van der Waals surface area contributed by atoms with Gasteiger partial charge in [-0.1, -0.05) is 19.1 Å². The van der Waals surface area contributed by atoms with Crippen molar-refractivity contribution in [2.75, 3.05) is 19.8 Å². The van der Waals surface area contributed by atoms with Gasteiger partial charge in [-0.2, -0.15) is 0 Å². The van der Waals surface area contributed by atoms with E-state index in [0.717, 1.165) is 18.2 Å². The summed E-state index contributed by atoms with van der Waals surface area (Å²) in [5, 5.41) is 0.376. The average Bonchev–Trinajstić information content (AvgIpc) is 3.23. The summed E-state index contributed by atoms with van der Waals surface area (Å²) in [6.07, 6.45) is 6.13. The quantitative estimate of drug-likeness (QED) is 0.408. The highest BCUT2D eigenvalue weighted by molar-refractivity contribution is 7.91. The number of primary amides is 1. The van der Waals surface area contributed by atoms with Crippen LogP contribution in [-0.4, -0.2) is 59.5 Å². The lowest BCUT2D eigenvalue weighted by Crippen LogP contribution is -2.35. The molecule has 0 saturated heterocycles. The number of carbonyl (C=O) groups excluding carboxylic acids is 2. The third-order valence-corrected chi connectivity index (χ3v) is 6.88. The summed E-state index contributed by atoms with van der Waals surface area (Å²) in [4.78, 5) is 33.9. The molecule has 0 fully saturated rings. The summed E-state index contributed by atoms with van der Waals surface area (Å²) in [6, 6.07) is 9.36. The van der Waals surface area contributed by atoms with Crippen molar-refractivity contribution in [1.82, 2.24) is 19.4 Å². The lowest BCUT2D eigenvalue weighted by atomic mass is 10.0. The van der Waals surface area contributed by atoms with E-state index >= 15 is 0 Å². The Balaban J connectivity index is 1.82. The van der Waals surface area contributed by atoms with Crippen molar-refractivity contribution in [2.24, 2.45) is 5.73 Å². The Morgan fingerprint density at radius 3 is 2.42 bits per heavy atom. The molecular weight excluding hydrogens is 485 g/mol. The van der Waals surface area contributed by atoms with Crippen LogP contribution < -0.4 is 5.73 Å². The molecule has 0 atom stereocenters. The number of halogens is 1. The third-order valence-electron chi connectivity index (χ3n) is 5.76. The number of hydrogen-bond donors (Lipinski definition) is 1. The molecule has 11 heteroatoms. The van der Waals surface area contributed by atoms with E-state index in [1.165, 1.54) is 59.4 Å². The molecule has 2 heterocycles. The number of benzene rings is 2. The van der Waals surface area contributed by atoms with Crippen LogP contribution in [0.5, 0.6) is 0 Å². The fourth-order valence-corrected chi connectivity index (χ4v) is 4.78. The molecule has 36 heavy (non-hydrogen) atoms. The first-order chi connectivity index (χ1) is 17.0. The number of amides is 2. The van der Waals surface area contributed by atoms with Gasteiger partial charge in [-0.15, -0.1) is 0 Å². The van der Waals surface area contributed by atoms with Gasteiger partial charge in [0.2, 0.25) is 11.9 Å². The van der Waals surface area contributed by atoms with Crippen LogP contribution in [0.1, 0.15) is 22.8 Å². The molecule has 2 aromatic carbocycles. The van der Waals surface area contributed by atoms with E-state index in [-0.39, 0.29) is 23.0 Å². The maximum absolute atomic E-state index is 14.4. The van der Waals surface area contributed by atoms with Crippen molar-refractivity contribution < 1.29 is 22.4 Å². The molecule has 0 aliphatic carbocycles. The predicted molar refractivity (Wildman–Crippen MR) is 133 cm³/mol. The number of nitrogens with two attached hydrogens (primary N) is 1. The van der Waals surface area contributed by atoms with Crippen molar-refractivity contribution >= 4 is 32.6 Å². The van der Waals surface area contributed by atoms with Gasteiger partial charge in [0, 0.05) is 54.0 Å². The first-order valence-electron chi connectivity index (χ1n) is 11.0. The fraction of sp³-hybridized carbons (Fsp3) is 0.200. The minimum atomic E-state index is -3.63. The normalized spacial score (nSPS) is 11.6. The Morgan fingerprint density at radius 1 is 1.11 bits per heavy atom. The Hall–Kier alpha value is -4.12. The second kappa shape index (κ2) is 9.50. The molecule has 9 nitrogen and oxygen atoms in total. The van der Waals surface area contributed by atoms with Gasteiger partial charge in [0.1, 0.15) is 5.82 Å². The second-order valence-electron chi connectivity index (χ2n) is 8.43. The molecule has 2 aromatic heterocycles. The minimum Gasteiger partial charge on any atom is -0.368 e. The Morgan fingerprint density at radius 2 is 1.81 bits per heavy atom. The molecule has 4 aromatic rings. The number of likely N-dealkylation sites (N-methyl/N-ethyl adjacent to an activating group) is 1. The Labute approximate surface area is 207 Å². The Kier molecular flexibility index (Phi) is 6.59.